The normalized spacial score (nSPS) is 12.0. The lowest BCUT2D eigenvalue weighted by atomic mass is 10.1. The molecule has 0 saturated heterocycles. The Balaban J connectivity index is 3.32. The average molecular weight is 272 g/mol. The van der Waals surface area contributed by atoms with Crippen LogP contribution in [0.1, 0.15) is 78.1 Å². The number of rotatable bonds is 14. The molecule has 0 aliphatic carbocycles. The van der Waals surface area contributed by atoms with Crippen LogP contribution in [0.4, 0.5) is 0 Å². The molecule has 116 valence electrons. The third-order valence-electron chi connectivity index (χ3n) is 3.70. The molecule has 0 aromatic heterocycles. The van der Waals surface area contributed by atoms with Gasteiger partial charge in [0, 0.05) is 0 Å². The van der Waals surface area contributed by atoms with Crippen LogP contribution in [0, 0.1) is 0 Å². The van der Waals surface area contributed by atoms with Crippen molar-refractivity contribution < 1.29 is 9.22 Å². The molecule has 0 heterocycles. The molecule has 0 aromatic rings. The van der Waals surface area contributed by atoms with E-state index in [-0.39, 0.29) is 0 Å². The third kappa shape index (κ3) is 14.1. The highest BCUT2D eigenvalue weighted by Crippen LogP contribution is 2.10. The van der Waals surface area contributed by atoms with E-state index in [2.05, 4.69) is 27.9 Å². The van der Waals surface area contributed by atoms with Gasteiger partial charge in [-0.05, 0) is 19.3 Å². The minimum Gasteiger partial charge on any atom is -0.332 e. The van der Waals surface area contributed by atoms with Gasteiger partial charge >= 0.3 is 0 Å². The molecule has 2 nitrogen and oxygen atoms in total. The smallest absolute Gasteiger partial charge is 0.182 e. The van der Waals surface area contributed by atoms with Gasteiger partial charge in [0.25, 0.3) is 0 Å². The SMILES string of the molecule is CCCCCCCCCC[N+](C)(C)COCCCC. The molecule has 0 saturated carbocycles. The first kappa shape index (κ1) is 18.9. The molecule has 0 bridgehead atoms. The van der Waals surface area contributed by atoms with Gasteiger partial charge in [0.2, 0.25) is 0 Å². The van der Waals surface area contributed by atoms with Crippen molar-refractivity contribution in [2.45, 2.75) is 78.1 Å². The van der Waals surface area contributed by atoms with Crippen molar-refractivity contribution in [3.8, 4) is 0 Å². The molecular formula is C17H38NO+. The maximum atomic E-state index is 5.73. The van der Waals surface area contributed by atoms with E-state index in [9.17, 15) is 0 Å². The molecule has 0 radical (unpaired) electrons. The highest BCUT2D eigenvalue weighted by molar-refractivity contribution is 4.45. The average Bonchev–Trinajstić information content (AvgIpc) is 2.38. The summed E-state index contributed by atoms with van der Waals surface area (Å²) in [5.41, 5.74) is 0. The van der Waals surface area contributed by atoms with Crippen LogP contribution in [0.15, 0.2) is 0 Å². The third-order valence-corrected chi connectivity index (χ3v) is 3.70. The molecule has 0 aliphatic rings. The van der Waals surface area contributed by atoms with E-state index in [0.717, 1.165) is 17.8 Å². The summed E-state index contributed by atoms with van der Waals surface area (Å²) in [6, 6.07) is 0. The summed E-state index contributed by atoms with van der Waals surface area (Å²) in [6.45, 7) is 7.54. The molecule has 0 spiro atoms. The highest BCUT2D eigenvalue weighted by atomic mass is 16.5. The molecule has 0 aromatic carbocycles. The summed E-state index contributed by atoms with van der Waals surface area (Å²) in [4.78, 5) is 0. The van der Waals surface area contributed by atoms with Gasteiger partial charge in [-0.2, -0.15) is 0 Å². The van der Waals surface area contributed by atoms with Crippen molar-refractivity contribution >= 4 is 0 Å². The lowest BCUT2D eigenvalue weighted by Gasteiger charge is -2.29. The molecule has 0 amide bonds. The molecule has 0 unspecified atom stereocenters. The number of hydrogen-bond donors (Lipinski definition) is 0. The predicted octanol–water partition coefficient (Wildman–Crippen LogP) is 4.98. The van der Waals surface area contributed by atoms with Crippen molar-refractivity contribution in [3.63, 3.8) is 0 Å². The summed E-state index contributed by atoms with van der Waals surface area (Å²) in [7, 11) is 4.57. The maximum Gasteiger partial charge on any atom is 0.182 e. The van der Waals surface area contributed by atoms with E-state index in [1.165, 1.54) is 70.8 Å². The van der Waals surface area contributed by atoms with Crippen LogP contribution in [-0.2, 0) is 4.74 Å². The van der Waals surface area contributed by atoms with Gasteiger partial charge in [0.1, 0.15) is 0 Å². The Hall–Kier alpha value is -0.0800. The van der Waals surface area contributed by atoms with E-state index >= 15 is 0 Å². The first-order chi connectivity index (χ1) is 9.12. The Kier molecular flexibility index (Phi) is 12.9. The van der Waals surface area contributed by atoms with E-state index in [4.69, 9.17) is 4.74 Å². The zero-order chi connectivity index (χ0) is 14.4. The number of unbranched alkanes of at least 4 members (excludes halogenated alkanes) is 8. The maximum absolute atomic E-state index is 5.73. The number of quaternary nitrogens is 1. The van der Waals surface area contributed by atoms with Crippen molar-refractivity contribution in [2.24, 2.45) is 0 Å². The number of nitrogens with zero attached hydrogens (tertiary/aromatic N) is 1. The van der Waals surface area contributed by atoms with Crippen LogP contribution in [-0.4, -0.2) is 38.5 Å². The van der Waals surface area contributed by atoms with Crippen LogP contribution in [0.5, 0.6) is 0 Å². The summed E-state index contributed by atoms with van der Waals surface area (Å²) >= 11 is 0. The van der Waals surface area contributed by atoms with Gasteiger partial charge in [0.05, 0.1) is 27.2 Å². The van der Waals surface area contributed by atoms with Crippen molar-refractivity contribution in [1.29, 1.82) is 0 Å². The Labute approximate surface area is 122 Å². The lowest BCUT2D eigenvalue weighted by molar-refractivity contribution is -0.909. The van der Waals surface area contributed by atoms with E-state index in [1.807, 2.05) is 0 Å². The Morgan fingerprint density at radius 3 is 1.79 bits per heavy atom. The molecule has 19 heavy (non-hydrogen) atoms. The minimum absolute atomic E-state index is 0.872. The Morgan fingerprint density at radius 1 is 0.684 bits per heavy atom. The number of ether oxygens (including phenoxy) is 1. The molecule has 0 aliphatic heterocycles. The largest absolute Gasteiger partial charge is 0.332 e. The van der Waals surface area contributed by atoms with Crippen molar-refractivity contribution in [2.75, 3.05) is 34.0 Å². The van der Waals surface area contributed by atoms with Gasteiger partial charge in [-0.15, -0.1) is 0 Å². The van der Waals surface area contributed by atoms with Crippen LogP contribution in [0.3, 0.4) is 0 Å². The fourth-order valence-electron chi connectivity index (χ4n) is 2.30. The van der Waals surface area contributed by atoms with Crippen molar-refractivity contribution in [3.05, 3.63) is 0 Å². The predicted molar refractivity (Wildman–Crippen MR) is 85.3 cm³/mol. The van der Waals surface area contributed by atoms with Gasteiger partial charge < -0.3 is 9.22 Å². The summed E-state index contributed by atoms with van der Waals surface area (Å²) in [6.07, 6.45) is 13.6. The quantitative estimate of drug-likeness (QED) is 0.246. The van der Waals surface area contributed by atoms with Gasteiger partial charge in [-0.3, -0.25) is 0 Å². The first-order valence-electron chi connectivity index (χ1n) is 8.52. The van der Waals surface area contributed by atoms with E-state index in [0.29, 0.717) is 0 Å². The van der Waals surface area contributed by atoms with Gasteiger partial charge in [-0.1, -0.05) is 58.8 Å². The second kappa shape index (κ2) is 12.9. The Morgan fingerprint density at radius 2 is 1.21 bits per heavy atom. The molecule has 0 rings (SSSR count). The monoisotopic (exact) mass is 272 g/mol. The standard InChI is InChI=1S/C17H38NO/c1-5-7-9-10-11-12-13-14-15-18(3,4)17-19-16-8-6-2/h5-17H2,1-4H3/q+1. The fourth-order valence-corrected chi connectivity index (χ4v) is 2.30. The zero-order valence-electron chi connectivity index (χ0n) is 14.0. The lowest BCUT2D eigenvalue weighted by Crippen LogP contribution is -2.42. The van der Waals surface area contributed by atoms with Crippen LogP contribution in [0.2, 0.25) is 0 Å². The van der Waals surface area contributed by atoms with Crippen molar-refractivity contribution in [1.82, 2.24) is 0 Å². The zero-order valence-corrected chi connectivity index (χ0v) is 14.0. The molecule has 0 atom stereocenters. The van der Waals surface area contributed by atoms with Gasteiger partial charge in [-0.25, -0.2) is 0 Å². The molecular weight excluding hydrogens is 234 g/mol. The van der Waals surface area contributed by atoms with Crippen LogP contribution < -0.4 is 0 Å². The van der Waals surface area contributed by atoms with Crippen LogP contribution in [0.25, 0.3) is 0 Å². The first-order valence-corrected chi connectivity index (χ1v) is 8.52. The molecule has 0 fully saturated rings. The summed E-state index contributed by atoms with van der Waals surface area (Å²) in [5.74, 6) is 0. The second-order valence-electron chi connectivity index (χ2n) is 6.53. The topological polar surface area (TPSA) is 9.23 Å². The minimum atomic E-state index is 0.872. The van der Waals surface area contributed by atoms with E-state index < -0.39 is 0 Å². The van der Waals surface area contributed by atoms with Gasteiger partial charge in [0.15, 0.2) is 6.73 Å². The molecule has 0 N–H and O–H groups in total. The summed E-state index contributed by atoms with van der Waals surface area (Å²) in [5, 5.41) is 0. The second-order valence-corrected chi connectivity index (χ2v) is 6.53. The Bertz CT molecular complexity index is 180. The summed E-state index contributed by atoms with van der Waals surface area (Å²) < 4.78 is 6.75. The van der Waals surface area contributed by atoms with Crippen LogP contribution >= 0.6 is 0 Å². The van der Waals surface area contributed by atoms with E-state index in [1.54, 1.807) is 0 Å². The highest BCUT2D eigenvalue weighted by Gasteiger charge is 2.13. The molecule has 2 heteroatoms. The fraction of sp³-hybridized carbons (Fsp3) is 1.00. The number of hydrogen-bond acceptors (Lipinski definition) is 1.